The Morgan fingerprint density at radius 3 is 3.00 bits per heavy atom. The van der Waals surface area contributed by atoms with Crippen LogP contribution in [0.5, 0.6) is 0 Å². The van der Waals surface area contributed by atoms with Gasteiger partial charge in [0.05, 0.1) is 13.2 Å². The van der Waals surface area contributed by atoms with Crippen LogP contribution in [0.25, 0.3) is 0 Å². The molecule has 4 heteroatoms. The molecule has 1 amide bonds. The zero-order valence-electron chi connectivity index (χ0n) is 8.16. The molecule has 0 radical (unpaired) electrons. The van der Waals surface area contributed by atoms with E-state index in [0.717, 1.165) is 32.6 Å². The van der Waals surface area contributed by atoms with Gasteiger partial charge in [0, 0.05) is 20.2 Å². The first-order valence-electron chi connectivity index (χ1n) is 4.76. The SMILES string of the molecule is CN(CC1CCCOC1)C(=O)CN. The Balaban J connectivity index is 2.25. The zero-order chi connectivity index (χ0) is 9.68. The highest BCUT2D eigenvalue weighted by Gasteiger charge is 2.17. The van der Waals surface area contributed by atoms with E-state index in [1.54, 1.807) is 11.9 Å². The van der Waals surface area contributed by atoms with Crippen molar-refractivity contribution in [2.45, 2.75) is 12.8 Å². The summed E-state index contributed by atoms with van der Waals surface area (Å²) < 4.78 is 5.33. The molecule has 0 aromatic heterocycles. The van der Waals surface area contributed by atoms with Gasteiger partial charge in [0.2, 0.25) is 5.91 Å². The molecule has 4 nitrogen and oxygen atoms in total. The average Bonchev–Trinajstić information content (AvgIpc) is 2.18. The van der Waals surface area contributed by atoms with Gasteiger partial charge in [-0.05, 0) is 18.8 Å². The standard InChI is InChI=1S/C9H18N2O2/c1-11(9(12)5-10)6-8-3-2-4-13-7-8/h8H,2-7,10H2,1H3. The summed E-state index contributed by atoms with van der Waals surface area (Å²) in [5, 5.41) is 0. The van der Waals surface area contributed by atoms with Crippen LogP contribution in [0, 0.1) is 5.92 Å². The third-order valence-corrected chi connectivity index (χ3v) is 2.39. The number of rotatable bonds is 3. The van der Waals surface area contributed by atoms with Gasteiger partial charge >= 0.3 is 0 Å². The molecular formula is C9H18N2O2. The van der Waals surface area contributed by atoms with Crippen molar-refractivity contribution in [2.24, 2.45) is 11.7 Å². The maximum atomic E-state index is 11.1. The quantitative estimate of drug-likeness (QED) is 0.666. The summed E-state index contributed by atoms with van der Waals surface area (Å²) in [4.78, 5) is 12.8. The zero-order valence-corrected chi connectivity index (χ0v) is 8.16. The second-order valence-electron chi connectivity index (χ2n) is 3.56. The Hall–Kier alpha value is -0.610. The van der Waals surface area contributed by atoms with E-state index in [2.05, 4.69) is 0 Å². The third kappa shape index (κ3) is 3.32. The summed E-state index contributed by atoms with van der Waals surface area (Å²) in [6.07, 6.45) is 2.26. The number of nitrogens with two attached hydrogens (primary N) is 1. The minimum absolute atomic E-state index is 0.00516. The normalized spacial score (nSPS) is 22.8. The molecule has 1 heterocycles. The Morgan fingerprint density at radius 2 is 2.46 bits per heavy atom. The Kier molecular flexibility index (Phi) is 4.18. The van der Waals surface area contributed by atoms with Crippen molar-refractivity contribution < 1.29 is 9.53 Å². The van der Waals surface area contributed by atoms with Crippen molar-refractivity contribution in [3.8, 4) is 0 Å². The number of carbonyl (C=O) groups is 1. The molecule has 0 aromatic rings. The summed E-state index contributed by atoms with van der Waals surface area (Å²) >= 11 is 0. The largest absolute Gasteiger partial charge is 0.381 e. The number of carbonyl (C=O) groups excluding carboxylic acids is 1. The highest BCUT2D eigenvalue weighted by atomic mass is 16.5. The van der Waals surface area contributed by atoms with Crippen LogP contribution in [-0.4, -0.2) is 44.2 Å². The van der Waals surface area contributed by atoms with E-state index in [-0.39, 0.29) is 12.5 Å². The number of hydrogen-bond donors (Lipinski definition) is 1. The van der Waals surface area contributed by atoms with E-state index in [0.29, 0.717) is 5.92 Å². The molecule has 0 aromatic carbocycles. The number of hydrogen-bond acceptors (Lipinski definition) is 3. The molecule has 0 spiro atoms. The first-order valence-corrected chi connectivity index (χ1v) is 4.76. The summed E-state index contributed by atoms with van der Waals surface area (Å²) in [6.45, 7) is 2.52. The summed E-state index contributed by atoms with van der Waals surface area (Å²) in [6, 6.07) is 0. The first-order chi connectivity index (χ1) is 6.24. The van der Waals surface area contributed by atoms with Gasteiger partial charge in [-0.1, -0.05) is 0 Å². The van der Waals surface area contributed by atoms with Crippen molar-refractivity contribution in [3.63, 3.8) is 0 Å². The van der Waals surface area contributed by atoms with E-state index in [4.69, 9.17) is 10.5 Å². The lowest BCUT2D eigenvalue weighted by molar-refractivity contribution is -0.129. The van der Waals surface area contributed by atoms with Gasteiger partial charge in [0.15, 0.2) is 0 Å². The van der Waals surface area contributed by atoms with Crippen LogP contribution in [0.4, 0.5) is 0 Å². The topological polar surface area (TPSA) is 55.6 Å². The maximum Gasteiger partial charge on any atom is 0.236 e. The molecule has 2 N–H and O–H groups in total. The van der Waals surface area contributed by atoms with Gasteiger partial charge < -0.3 is 15.4 Å². The molecule has 1 fully saturated rings. The molecule has 1 atom stereocenters. The summed E-state index contributed by atoms with van der Waals surface area (Å²) in [5.74, 6) is 0.500. The van der Waals surface area contributed by atoms with Crippen LogP contribution in [0.1, 0.15) is 12.8 Å². The van der Waals surface area contributed by atoms with Gasteiger partial charge in [0.1, 0.15) is 0 Å². The number of likely N-dealkylation sites (N-methyl/N-ethyl adjacent to an activating group) is 1. The molecule has 13 heavy (non-hydrogen) atoms. The number of ether oxygens (including phenoxy) is 1. The van der Waals surface area contributed by atoms with Crippen molar-refractivity contribution in [3.05, 3.63) is 0 Å². The lowest BCUT2D eigenvalue weighted by Gasteiger charge is -2.26. The maximum absolute atomic E-state index is 11.1. The Labute approximate surface area is 79.0 Å². The van der Waals surface area contributed by atoms with E-state index in [1.165, 1.54) is 0 Å². The lowest BCUT2D eigenvalue weighted by atomic mass is 10.0. The highest BCUT2D eigenvalue weighted by molar-refractivity contribution is 5.77. The van der Waals surface area contributed by atoms with Gasteiger partial charge in [-0.15, -0.1) is 0 Å². The molecule has 1 aliphatic rings. The van der Waals surface area contributed by atoms with Crippen LogP contribution in [0.2, 0.25) is 0 Å². The summed E-state index contributed by atoms with van der Waals surface area (Å²) in [7, 11) is 1.80. The van der Waals surface area contributed by atoms with E-state index >= 15 is 0 Å². The van der Waals surface area contributed by atoms with E-state index in [1.807, 2.05) is 0 Å². The van der Waals surface area contributed by atoms with Crippen LogP contribution in [-0.2, 0) is 9.53 Å². The molecule has 0 bridgehead atoms. The molecular weight excluding hydrogens is 168 g/mol. The van der Waals surface area contributed by atoms with Crippen LogP contribution in [0.3, 0.4) is 0 Å². The van der Waals surface area contributed by atoms with Gasteiger partial charge in [0.25, 0.3) is 0 Å². The van der Waals surface area contributed by atoms with Crippen LogP contribution in [0.15, 0.2) is 0 Å². The fourth-order valence-electron chi connectivity index (χ4n) is 1.60. The average molecular weight is 186 g/mol. The molecule has 1 unspecified atom stereocenters. The molecule has 0 aliphatic carbocycles. The monoisotopic (exact) mass is 186 g/mol. The fraction of sp³-hybridized carbons (Fsp3) is 0.889. The molecule has 1 saturated heterocycles. The minimum atomic E-state index is 0.00516. The molecule has 76 valence electrons. The Bertz CT molecular complexity index is 167. The lowest BCUT2D eigenvalue weighted by Crippen LogP contribution is -2.38. The smallest absolute Gasteiger partial charge is 0.236 e. The third-order valence-electron chi connectivity index (χ3n) is 2.39. The van der Waals surface area contributed by atoms with Gasteiger partial charge in [-0.25, -0.2) is 0 Å². The van der Waals surface area contributed by atoms with E-state index < -0.39 is 0 Å². The molecule has 1 aliphatic heterocycles. The minimum Gasteiger partial charge on any atom is -0.381 e. The fourth-order valence-corrected chi connectivity index (χ4v) is 1.60. The summed E-state index contributed by atoms with van der Waals surface area (Å²) in [5.41, 5.74) is 5.26. The van der Waals surface area contributed by atoms with Crippen molar-refractivity contribution in [1.82, 2.24) is 4.90 Å². The van der Waals surface area contributed by atoms with E-state index in [9.17, 15) is 4.79 Å². The molecule has 0 saturated carbocycles. The Morgan fingerprint density at radius 1 is 1.69 bits per heavy atom. The second-order valence-corrected chi connectivity index (χ2v) is 3.56. The predicted octanol–water partition coefficient (Wildman–Crippen LogP) is -0.170. The van der Waals surface area contributed by atoms with Crippen LogP contribution >= 0.6 is 0 Å². The number of amides is 1. The van der Waals surface area contributed by atoms with Gasteiger partial charge in [-0.3, -0.25) is 4.79 Å². The van der Waals surface area contributed by atoms with Crippen molar-refractivity contribution in [1.29, 1.82) is 0 Å². The first kappa shape index (κ1) is 10.5. The van der Waals surface area contributed by atoms with Crippen LogP contribution < -0.4 is 5.73 Å². The molecule has 1 rings (SSSR count). The van der Waals surface area contributed by atoms with Gasteiger partial charge in [-0.2, -0.15) is 0 Å². The van der Waals surface area contributed by atoms with Crippen molar-refractivity contribution in [2.75, 3.05) is 33.4 Å². The predicted molar refractivity (Wildman–Crippen MR) is 50.2 cm³/mol. The number of nitrogens with zero attached hydrogens (tertiary/aromatic N) is 1. The highest BCUT2D eigenvalue weighted by Crippen LogP contribution is 2.14. The van der Waals surface area contributed by atoms with Crippen molar-refractivity contribution >= 4 is 5.91 Å². The second kappa shape index (κ2) is 5.19.